The van der Waals surface area contributed by atoms with Gasteiger partial charge in [-0.05, 0) is 25.2 Å². The molecular weight excluding hydrogens is 288 g/mol. The third kappa shape index (κ3) is 3.65. The Labute approximate surface area is 131 Å². The van der Waals surface area contributed by atoms with E-state index in [4.69, 9.17) is 0 Å². The van der Waals surface area contributed by atoms with Crippen molar-refractivity contribution in [2.24, 2.45) is 5.92 Å². The Kier molecular flexibility index (Phi) is 5.79. The number of carbonyl (C=O) groups is 2. The summed E-state index contributed by atoms with van der Waals surface area (Å²) < 4.78 is 0. The number of carbonyl (C=O) groups excluding carboxylic acids is 1. The van der Waals surface area contributed by atoms with Crippen LogP contribution < -0.4 is 0 Å². The molecule has 3 unspecified atom stereocenters. The number of urea groups is 1. The zero-order chi connectivity index (χ0) is 15.4. The quantitative estimate of drug-likeness (QED) is 0.867. The van der Waals surface area contributed by atoms with Crippen molar-refractivity contribution in [3.8, 4) is 0 Å². The van der Waals surface area contributed by atoms with Gasteiger partial charge in [-0.1, -0.05) is 26.7 Å². The second-order valence-electron chi connectivity index (χ2n) is 5.98. The lowest BCUT2D eigenvalue weighted by molar-refractivity contribution is -0.141. The van der Waals surface area contributed by atoms with E-state index in [1.807, 2.05) is 4.90 Å². The highest BCUT2D eigenvalue weighted by molar-refractivity contribution is 8.00. The molecule has 1 N–H and O–H groups in total. The fourth-order valence-corrected chi connectivity index (χ4v) is 4.72. The minimum Gasteiger partial charge on any atom is -0.480 e. The number of hydrogen-bond acceptors (Lipinski definition) is 3. The summed E-state index contributed by atoms with van der Waals surface area (Å²) in [6.07, 6.45) is 5.12. The van der Waals surface area contributed by atoms with Crippen LogP contribution in [0, 0.1) is 5.92 Å². The van der Waals surface area contributed by atoms with Crippen molar-refractivity contribution < 1.29 is 14.7 Å². The number of carboxylic acid groups (broad SMARTS) is 1. The van der Waals surface area contributed by atoms with Crippen molar-refractivity contribution in [3.63, 3.8) is 0 Å². The molecule has 21 heavy (non-hydrogen) atoms. The number of nitrogens with zero attached hydrogens (tertiary/aromatic N) is 2. The predicted molar refractivity (Wildman–Crippen MR) is 84.4 cm³/mol. The Morgan fingerprint density at radius 3 is 2.71 bits per heavy atom. The molecule has 0 spiro atoms. The van der Waals surface area contributed by atoms with Crippen LogP contribution in [-0.2, 0) is 4.79 Å². The molecular formula is C15H26N2O3S. The number of amides is 2. The molecule has 6 heteroatoms. The van der Waals surface area contributed by atoms with Gasteiger partial charge in [0.25, 0.3) is 0 Å². The molecule has 0 bridgehead atoms. The third-order valence-corrected chi connectivity index (χ3v) is 5.86. The average molecular weight is 314 g/mol. The summed E-state index contributed by atoms with van der Waals surface area (Å²) in [6, 6.07) is -0.731. The molecule has 120 valence electrons. The summed E-state index contributed by atoms with van der Waals surface area (Å²) in [6.45, 7) is 5.78. The lowest BCUT2D eigenvalue weighted by Gasteiger charge is -2.37. The fraction of sp³-hybridized carbons (Fsp3) is 0.867. The van der Waals surface area contributed by atoms with Crippen molar-refractivity contribution >= 4 is 23.8 Å². The van der Waals surface area contributed by atoms with Crippen LogP contribution in [0.2, 0.25) is 0 Å². The number of thioether (sulfide) groups is 1. The first kappa shape index (κ1) is 16.5. The standard InChI is InChI=1S/C15H26N2O3S/c1-3-6-13-17(12(10-21-13)14(18)19)15(20)16-8-5-7-11(4-2)9-16/h11-13H,3-10H2,1-2H3,(H,18,19). The van der Waals surface area contributed by atoms with Gasteiger partial charge in [-0.25, -0.2) is 9.59 Å². The van der Waals surface area contributed by atoms with Crippen molar-refractivity contribution in [1.29, 1.82) is 0 Å². The van der Waals surface area contributed by atoms with Crippen LogP contribution >= 0.6 is 11.8 Å². The maximum atomic E-state index is 12.8. The first-order valence-corrected chi connectivity index (χ1v) is 9.05. The van der Waals surface area contributed by atoms with E-state index >= 15 is 0 Å². The second-order valence-corrected chi connectivity index (χ2v) is 7.19. The SMILES string of the molecule is CCCC1SCC(C(=O)O)N1C(=O)N1CCCC(CC)C1. The molecule has 2 rings (SSSR count). The molecule has 2 fully saturated rings. The van der Waals surface area contributed by atoms with Gasteiger partial charge in [-0.15, -0.1) is 11.8 Å². The van der Waals surface area contributed by atoms with E-state index in [0.717, 1.165) is 38.8 Å². The lowest BCUT2D eigenvalue weighted by Crippen LogP contribution is -2.53. The summed E-state index contributed by atoms with van der Waals surface area (Å²) in [7, 11) is 0. The van der Waals surface area contributed by atoms with Crippen molar-refractivity contribution in [2.75, 3.05) is 18.8 Å². The Morgan fingerprint density at radius 1 is 1.33 bits per heavy atom. The molecule has 2 aliphatic heterocycles. The monoisotopic (exact) mass is 314 g/mol. The summed E-state index contributed by atoms with van der Waals surface area (Å²) >= 11 is 1.61. The highest BCUT2D eigenvalue weighted by Crippen LogP contribution is 2.34. The Balaban J connectivity index is 2.10. The van der Waals surface area contributed by atoms with Gasteiger partial charge in [0.05, 0.1) is 5.37 Å². The normalized spacial score (nSPS) is 29.7. The number of carboxylic acids is 1. The van der Waals surface area contributed by atoms with Gasteiger partial charge < -0.3 is 10.0 Å². The number of likely N-dealkylation sites (tertiary alicyclic amines) is 1. The molecule has 0 aromatic rings. The fourth-order valence-electron chi connectivity index (χ4n) is 3.21. The number of rotatable bonds is 4. The first-order chi connectivity index (χ1) is 10.1. The first-order valence-electron chi connectivity index (χ1n) is 8.00. The molecule has 2 heterocycles. The van der Waals surface area contributed by atoms with Crippen molar-refractivity contribution in [2.45, 2.75) is 57.4 Å². The van der Waals surface area contributed by atoms with Crippen molar-refractivity contribution in [3.05, 3.63) is 0 Å². The van der Waals surface area contributed by atoms with Gasteiger partial charge in [0.15, 0.2) is 0 Å². The van der Waals surface area contributed by atoms with Gasteiger partial charge in [-0.3, -0.25) is 4.90 Å². The Bertz CT molecular complexity index is 391. The Hall–Kier alpha value is -0.910. The summed E-state index contributed by atoms with van der Waals surface area (Å²) in [5.41, 5.74) is 0. The van der Waals surface area contributed by atoms with Crippen LogP contribution in [0.1, 0.15) is 46.0 Å². The van der Waals surface area contributed by atoms with E-state index in [2.05, 4.69) is 13.8 Å². The van der Waals surface area contributed by atoms with Crippen molar-refractivity contribution in [1.82, 2.24) is 9.80 Å². The number of piperidine rings is 1. The summed E-state index contributed by atoms with van der Waals surface area (Å²) in [5.74, 6) is 0.195. The third-order valence-electron chi connectivity index (χ3n) is 4.50. The van der Waals surface area contributed by atoms with Gasteiger partial charge in [-0.2, -0.15) is 0 Å². The summed E-state index contributed by atoms with van der Waals surface area (Å²) in [5, 5.41) is 9.41. The molecule has 5 nitrogen and oxygen atoms in total. The Morgan fingerprint density at radius 2 is 2.10 bits per heavy atom. The molecule has 0 saturated carbocycles. The zero-order valence-corrected chi connectivity index (χ0v) is 13.8. The largest absolute Gasteiger partial charge is 0.480 e. The van der Waals surface area contributed by atoms with E-state index in [-0.39, 0.29) is 11.4 Å². The zero-order valence-electron chi connectivity index (χ0n) is 13.0. The average Bonchev–Trinajstić information content (AvgIpc) is 2.91. The van der Waals surface area contributed by atoms with E-state index < -0.39 is 12.0 Å². The molecule has 2 saturated heterocycles. The molecule has 0 aromatic carbocycles. The van der Waals surface area contributed by atoms with Crippen LogP contribution in [0.3, 0.4) is 0 Å². The number of hydrogen-bond donors (Lipinski definition) is 1. The smallest absolute Gasteiger partial charge is 0.327 e. The molecule has 3 atom stereocenters. The van der Waals surface area contributed by atoms with Gasteiger partial charge in [0.1, 0.15) is 6.04 Å². The topological polar surface area (TPSA) is 60.9 Å². The molecule has 0 aromatic heterocycles. The highest BCUT2D eigenvalue weighted by atomic mass is 32.2. The van der Waals surface area contributed by atoms with Crippen LogP contribution in [0.15, 0.2) is 0 Å². The van der Waals surface area contributed by atoms with Gasteiger partial charge in [0, 0.05) is 18.8 Å². The van der Waals surface area contributed by atoms with Crippen LogP contribution in [0.5, 0.6) is 0 Å². The van der Waals surface area contributed by atoms with E-state index in [1.165, 1.54) is 6.42 Å². The predicted octanol–water partition coefficient (Wildman–Crippen LogP) is 2.86. The van der Waals surface area contributed by atoms with Crippen LogP contribution in [-0.4, -0.2) is 57.2 Å². The minimum absolute atomic E-state index is 0.0191. The lowest BCUT2D eigenvalue weighted by atomic mass is 9.96. The second kappa shape index (κ2) is 7.38. The highest BCUT2D eigenvalue weighted by Gasteiger charge is 2.43. The van der Waals surface area contributed by atoms with E-state index in [0.29, 0.717) is 11.7 Å². The maximum absolute atomic E-state index is 12.8. The summed E-state index contributed by atoms with van der Waals surface area (Å²) in [4.78, 5) is 27.8. The van der Waals surface area contributed by atoms with Gasteiger partial charge >= 0.3 is 12.0 Å². The molecule has 2 aliphatic rings. The number of aliphatic carboxylic acids is 1. The molecule has 0 radical (unpaired) electrons. The van der Waals surface area contributed by atoms with E-state index in [9.17, 15) is 14.7 Å². The van der Waals surface area contributed by atoms with Crippen LogP contribution in [0.25, 0.3) is 0 Å². The van der Waals surface area contributed by atoms with Crippen LogP contribution in [0.4, 0.5) is 4.79 Å². The maximum Gasteiger partial charge on any atom is 0.327 e. The van der Waals surface area contributed by atoms with Gasteiger partial charge in [0.2, 0.25) is 0 Å². The van der Waals surface area contributed by atoms with E-state index in [1.54, 1.807) is 16.7 Å². The minimum atomic E-state index is -0.876. The molecule has 2 amide bonds. The molecule has 0 aliphatic carbocycles.